The van der Waals surface area contributed by atoms with Crippen molar-refractivity contribution < 1.29 is 23.9 Å². The molecule has 0 unspecified atom stereocenters. The highest BCUT2D eigenvalue weighted by Crippen LogP contribution is 2.28. The molecule has 4 rings (SSSR count). The van der Waals surface area contributed by atoms with E-state index in [0.717, 1.165) is 11.3 Å². The van der Waals surface area contributed by atoms with Crippen LogP contribution in [-0.4, -0.2) is 30.3 Å². The molecule has 1 heterocycles. The highest BCUT2D eigenvalue weighted by Gasteiger charge is 2.36. The second-order valence-electron chi connectivity index (χ2n) is 7.21. The Morgan fingerprint density at radius 2 is 1.50 bits per heavy atom. The lowest BCUT2D eigenvalue weighted by molar-refractivity contribution is 0.0504. The molecule has 1 aliphatic heterocycles. The van der Waals surface area contributed by atoms with E-state index < -0.39 is 23.7 Å². The van der Waals surface area contributed by atoms with Gasteiger partial charge in [0.15, 0.2) is 0 Å². The maximum Gasteiger partial charge on any atom is 0.338 e. The number of carbonyl (C=O) groups excluding carboxylic acids is 4. The Morgan fingerprint density at radius 3 is 2.12 bits per heavy atom. The minimum Gasteiger partial charge on any atom is -0.462 e. The number of esters is 1. The van der Waals surface area contributed by atoms with Crippen LogP contribution in [0.15, 0.2) is 72.8 Å². The largest absolute Gasteiger partial charge is 0.462 e. The summed E-state index contributed by atoms with van der Waals surface area (Å²) in [7, 11) is 0. The molecule has 3 amide bonds. The lowest BCUT2D eigenvalue weighted by Gasteiger charge is -2.14. The van der Waals surface area contributed by atoms with Crippen molar-refractivity contribution in [3.05, 3.63) is 95.1 Å². The van der Waals surface area contributed by atoms with Gasteiger partial charge in [0.25, 0.3) is 17.7 Å². The summed E-state index contributed by atoms with van der Waals surface area (Å²) >= 11 is 0. The molecular weight excluding hydrogens is 408 g/mol. The quantitative estimate of drug-likeness (QED) is 0.467. The first-order valence-electron chi connectivity index (χ1n) is 10.2. The van der Waals surface area contributed by atoms with Crippen molar-refractivity contribution in [2.45, 2.75) is 13.3 Å². The number of imide groups is 1. The van der Waals surface area contributed by atoms with Gasteiger partial charge in [-0.2, -0.15) is 0 Å². The molecule has 32 heavy (non-hydrogen) atoms. The average Bonchev–Trinajstić information content (AvgIpc) is 3.08. The number of ether oxygens (including phenoxy) is 1. The molecule has 1 aliphatic rings. The standard InChI is InChI=1S/C25H20N2O5/c1-2-14-32-25(31)17-6-5-7-18(15-17)26-22(28)16-10-12-19(13-11-16)27-23(29)20-8-3-4-9-21(20)24(27)30/h3-13,15H,2,14H2,1H3,(H,26,28). The van der Waals surface area contributed by atoms with Gasteiger partial charge in [0.05, 0.1) is 29.0 Å². The lowest BCUT2D eigenvalue weighted by atomic mass is 10.1. The average molecular weight is 428 g/mol. The van der Waals surface area contributed by atoms with Gasteiger partial charge in [-0.15, -0.1) is 0 Å². The number of carbonyl (C=O) groups is 4. The lowest BCUT2D eigenvalue weighted by Crippen LogP contribution is -2.29. The highest BCUT2D eigenvalue weighted by molar-refractivity contribution is 6.34. The molecule has 0 saturated carbocycles. The van der Waals surface area contributed by atoms with Gasteiger partial charge in [0.1, 0.15) is 0 Å². The molecule has 7 nitrogen and oxygen atoms in total. The highest BCUT2D eigenvalue weighted by atomic mass is 16.5. The van der Waals surface area contributed by atoms with Gasteiger partial charge in [0, 0.05) is 11.3 Å². The number of nitrogens with one attached hydrogen (secondary N) is 1. The molecule has 0 aliphatic carbocycles. The number of nitrogens with zero attached hydrogens (tertiary/aromatic N) is 1. The Kier molecular flexibility index (Phi) is 5.81. The molecule has 7 heteroatoms. The molecular formula is C25H20N2O5. The van der Waals surface area contributed by atoms with Gasteiger partial charge in [0.2, 0.25) is 0 Å². The van der Waals surface area contributed by atoms with E-state index in [0.29, 0.717) is 40.2 Å². The normalized spacial score (nSPS) is 12.5. The topological polar surface area (TPSA) is 92.8 Å². The molecule has 0 saturated heterocycles. The summed E-state index contributed by atoms with van der Waals surface area (Å²) in [6.45, 7) is 2.23. The number of fused-ring (bicyclic) bond motifs is 1. The van der Waals surface area contributed by atoms with E-state index in [9.17, 15) is 19.2 Å². The van der Waals surface area contributed by atoms with E-state index in [1.165, 1.54) is 12.1 Å². The van der Waals surface area contributed by atoms with E-state index in [4.69, 9.17) is 4.74 Å². The van der Waals surface area contributed by atoms with Gasteiger partial charge in [-0.1, -0.05) is 25.1 Å². The Labute approximate surface area is 184 Å². The zero-order valence-corrected chi connectivity index (χ0v) is 17.3. The van der Waals surface area contributed by atoms with Crippen molar-refractivity contribution in [1.82, 2.24) is 0 Å². The molecule has 0 spiro atoms. The van der Waals surface area contributed by atoms with Crippen LogP contribution in [0, 0.1) is 0 Å². The fourth-order valence-electron chi connectivity index (χ4n) is 3.39. The van der Waals surface area contributed by atoms with Crippen molar-refractivity contribution in [1.29, 1.82) is 0 Å². The Bertz CT molecular complexity index is 1180. The number of amides is 3. The molecule has 160 valence electrons. The van der Waals surface area contributed by atoms with Gasteiger partial charge in [-0.25, -0.2) is 9.69 Å². The maximum atomic E-state index is 12.6. The van der Waals surface area contributed by atoms with Crippen LogP contribution >= 0.6 is 0 Å². The van der Waals surface area contributed by atoms with Crippen molar-refractivity contribution in [2.24, 2.45) is 0 Å². The molecule has 0 aromatic heterocycles. The van der Waals surface area contributed by atoms with Gasteiger partial charge >= 0.3 is 5.97 Å². The number of hydrogen-bond acceptors (Lipinski definition) is 5. The summed E-state index contributed by atoms with van der Waals surface area (Å²) in [6, 6.07) is 19.3. The smallest absolute Gasteiger partial charge is 0.338 e. The predicted octanol–water partition coefficient (Wildman–Crippen LogP) is 4.31. The fraction of sp³-hybridized carbons (Fsp3) is 0.120. The Balaban J connectivity index is 1.47. The first kappa shape index (κ1) is 21.0. The third kappa shape index (κ3) is 4.00. The summed E-state index contributed by atoms with van der Waals surface area (Å²) in [4.78, 5) is 51.0. The number of hydrogen-bond donors (Lipinski definition) is 1. The maximum absolute atomic E-state index is 12.6. The first-order chi connectivity index (χ1) is 15.5. The van der Waals surface area contributed by atoms with Crippen LogP contribution in [0.4, 0.5) is 11.4 Å². The second kappa shape index (κ2) is 8.85. The van der Waals surface area contributed by atoms with Crippen LogP contribution in [0.3, 0.4) is 0 Å². The zero-order valence-electron chi connectivity index (χ0n) is 17.3. The van der Waals surface area contributed by atoms with Crippen molar-refractivity contribution in [2.75, 3.05) is 16.8 Å². The van der Waals surface area contributed by atoms with Crippen molar-refractivity contribution in [3.8, 4) is 0 Å². The molecule has 3 aromatic rings. The van der Waals surface area contributed by atoms with Gasteiger partial charge in [-0.05, 0) is 61.0 Å². The minimum atomic E-state index is -0.451. The molecule has 0 fully saturated rings. The van der Waals surface area contributed by atoms with Crippen LogP contribution in [0.2, 0.25) is 0 Å². The van der Waals surface area contributed by atoms with E-state index in [1.807, 2.05) is 6.92 Å². The Hall–Kier alpha value is -4.26. The summed E-state index contributed by atoms with van der Waals surface area (Å²) in [6.07, 6.45) is 0.721. The molecule has 0 atom stereocenters. The van der Waals surface area contributed by atoms with E-state index in [2.05, 4.69) is 5.32 Å². The molecule has 0 radical (unpaired) electrons. The van der Waals surface area contributed by atoms with Crippen LogP contribution in [0.5, 0.6) is 0 Å². The van der Waals surface area contributed by atoms with E-state index in [1.54, 1.807) is 60.7 Å². The number of rotatable bonds is 6. The molecule has 1 N–H and O–H groups in total. The molecule has 0 bridgehead atoms. The first-order valence-corrected chi connectivity index (χ1v) is 10.2. The van der Waals surface area contributed by atoms with E-state index in [-0.39, 0.29) is 0 Å². The van der Waals surface area contributed by atoms with E-state index >= 15 is 0 Å². The fourth-order valence-corrected chi connectivity index (χ4v) is 3.39. The Morgan fingerprint density at radius 1 is 0.844 bits per heavy atom. The van der Waals surface area contributed by atoms with Crippen molar-refractivity contribution in [3.63, 3.8) is 0 Å². The summed E-state index contributed by atoms with van der Waals surface area (Å²) in [5, 5.41) is 2.74. The van der Waals surface area contributed by atoms with Crippen LogP contribution in [-0.2, 0) is 4.74 Å². The van der Waals surface area contributed by atoms with Crippen LogP contribution < -0.4 is 10.2 Å². The minimum absolute atomic E-state index is 0.328. The van der Waals surface area contributed by atoms with Crippen LogP contribution in [0.1, 0.15) is 54.8 Å². The summed E-state index contributed by atoms with van der Waals surface area (Å²) < 4.78 is 5.11. The number of benzene rings is 3. The van der Waals surface area contributed by atoms with Gasteiger partial charge < -0.3 is 10.1 Å². The predicted molar refractivity (Wildman–Crippen MR) is 119 cm³/mol. The monoisotopic (exact) mass is 428 g/mol. The number of anilines is 2. The summed E-state index contributed by atoms with van der Waals surface area (Å²) in [5.74, 6) is -1.63. The third-order valence-corrected chi connectivity index (χ3v) is 4.98. The second-order valence-corrected chi connectivity index (χ2v) is 7.21. The zero-order chi connectivity index (χ0) is 22.7. The molecule has 3 aromatic carbocycles. The van der Waals surface area contributed by atoms with Crippen molar-refractivity contribution >= 4 is 35.1 Å². The van der Waals surface area contributed by atoms with Crippen LogP contribution in [0.25, 0.3) is 0 Å². The third-order valence-electron chi connectivity index (χ3n) is 4.98. The SMILES string of the molecule is CCCOC(=O)c1cccc(NC(=O)c2ccc(N3C(=O)c4ccccc4C3=O)cc2)c1. The summed E-state index contributed by atoms with van der Waals surface area (Å²) in [5.41, 5.74) is 2.23. The van der Waals surface area contributed by atoms with Gasteiger partial charge in [-0.3, -0.25) is 14.4 Å².